The van der Waals surface area contributed by atoms with Crippen LogP contribution in [0.1, 0.15) is 48.2 Å². The Morgan fingerprint density at radius 1 is 1.18 bits per heavy atom. The molecule has 4 nitrogen and oxygen atoms in total. The maximum atomic E-state index is 12.0. The van der Waals surface area contributed by atoms with E-state index >= 15 is 0 Å². The maximum absolute atomic E-state index is 12.0. The Balaban J connectivity index is 2.07. The summed E-state index contributed by atoms with van der Waals surface area (Å²) >= 11 is 3.29. The summed E-state index contributed by atoms with van der Waals surface area (Å²) in [6.07, 6.45) is 3.13. The molecule has 1 heterocycles. The molecule has 0 atom stereocenters. The number of hydrogen-bond donors (Lipinski definition) is 1. The first kappa shape index (κ1) is 16.4. The molecule has 0 unspecified atom stereocenters. The lowest BCUT2D eigenvalue weighted by atomic mass is 10.0. The second-order valence-corrected chi connectivity index (χ2v) is 6.22. The van der Waals surface area contributed by atoms with E-state index in [-0.39, 0.29) is 5.91 Å². The Labute approximate surface area is 138 Å². The zero-order valence-corrected chi connectivity index (χ0v) is 14.4. The first-order valence-corrected chi connectivity index (χ1v) is 7.82. The van der Waals surface area contributed by atoms with Crippen LogP contribution in [-0.4, -0.2) is 16.6 Å². The molecule has 0 aliphatic rings. The first-order chi connectivity index (χ1) is 10.5. The number of nitrogens with one attached hydrogen (secondary N) is 1. The van der Waals surface area contributed by atoms with Gasteiger partial charge >= 0.3 is 0 Å². The van der Waals surface area contributed by atoms with Gasteiger partial charge in [-0.3, -0.25) is 9.78 Å². The Hall–Kier alpha value is -2.01. The van der Waals surface area contributed by atoms with Gasteiger partial charge in [-0.15, -0.1) is 0 Å². The van der Waals surface area contributed by atoms with Crippen LogP contribution in [0.25, 0.3) is 0 Å². The SMILES string of the molecule is C/C(=N/NC(=O)c1cncc(Br)c1)c1ccc(C(C)C)cc1. The van der Waals surface area contributed by atoms with Crippen molar-refractivity contribution < 1.29 is 4.79 Å². The van der Waals surface area contributed by atoms with E-state index in [1.165, 1.54) is 11.8 Å². The van der Waals surface area contributed by atoms with Gasteiger partial charge in [0.05, 0.1) is 11.3 Å². The molecule has 1 N–H and O–H groups in total. The van der Waals surface area contributed by atoms with E-state index in [1.54, 1.807) is 12.3 Å². The van der Waals surface area contributed by atoms with Gasteiger partial charge in [0, 0.05) is 16.9 Å². The van der Waals surface area contributed by atoms with Crippen LogP contribution in [-0.2, 0) is 0 Å². The van der Waals surface area contributed by atoms with Gasteiger partial charge in [-0.2, -0.15) is 5.10 Å². The Morgan fingerprint density at radius 3 is 2.45 bits per heavy atom. The van der Waals surface area contributed by atoms with Crippen molar-refractivity contribution in [3.05, 3.63) is 63.9 Å². The molecule has 0 bridgehead atoms. The van der Waals surface area contributed by atoms with Crippen molar-refractivity contribution in [2.45, 2.75) is 26.7 Å². The van der Waals surface area contributed by atoms with E-state index in [0.717, 1.165) is 15.7 Å². The molecule has 22 heavy (non-hydrogen) atoms. The highest BCUT2D eigenvalue weighted by molar-refractivity contribution is 9.10. The van der Waals surface area contributed by atoms with Gasteiger partial charge < -0.3 is 0 Å². The highest BCUT2D eigenvalue weighted by Crippen LogP contribution is 2.15. The van der Waals surface area contributed by atoms with Crippen molar-refractivity contribution in [1.82, 2.24) is 10.4 Å². The summed E-state index contributed by atoms with van der Waals surface area (Å²) < 4.78 is 0.755. The molecule has 0 aliphatic heterocycles. The van der Waals surface area contributed by atoms with Crippen molar-refractivity contribution in [1.29, 1.82) is 0 Å². The second-order valence-electron chi connectivity index (χ2n) is 5.31. The van der Waals surface area contributed by atoms with Gasteiger partial charge in [-0.25, -0.2) is 5.43 Å². The number of amides is 1. The smallest absolute Gasteiger partial charge is 0.267 e. The first-order valence-electron chi connectivity index (χ1n) is 7.03. The van der Waals surface area contributed by atoms with Gasteiger partial charge in [0.15, 0.2) is 0 Å². The minimum atomic E-state index is -0.285. The molecule has 0 saturated heterocycles. The van der Waals surface area contributed by atoms with E-state index in [1.807, 2.05) is 19.1 Å². The predicted octanol–water partition coefficient (Wildman–Crippen LogP) is 4.12. The van der Waals surface area contributed by atoms with Crippen LogP contribution in [0.2, 0.25) is 0 Å². The number of nitrogens with zero attached hydrogens (tertiary/aromatic N) is 2. The molecular weight excluding hydrogens is 342 g/mol. The summed E-state index contributed by atoms with van der Waals surface area (Å²) in [5.74, 6) is 0.210. The fourth-order valence-corrected chi connectivity index (χ4v) is 2.27. The summed E-state index contributed by atoms with van der Waals surface area (Å²) in [5.41, 5.74) is 6.03. The fraction of sp³-hybridized carbons (Fsp3) is 0.235. The quantitative estimate of drug-likeness (QED) is 0.659. The second kappa shape index (κ2) is 7.31. The average Bonchev–Trinajstić information content (AvgIpc) is 2.52. The zero-order chi connectivity index (χ0) is 16.1. The van der Waals surface area contributed by atoms with E-state index in [2.05, 4.69) is 57.4 Å². The molecule has 1 amide bonds. The number of benzene rings is 1. The van der Waals surface area contributed by atoms with Gasteiger partial charge in [0.1, 0.15) is 0 Å². The Kier molecular flexibility index (Phi) is 5.44. The molecule has 0 spiro atoms. The minimum absolute atomic E-state index is 0.285. The summed E-state index contributed by atoms with van der Waals surface area (Å²) in [7, 11) is 0. The van der Waals surface area contributed by atoms with Crippen LogP contribution < -0.4 is 5.43 Å². The lowest BCUT2D eigenvalue weighted by Crippen LogP contribution is -2.19. The van der Waals surface area contributed by atoms with Crippen LogP contribution in [0, 0.1) is 0 Å². The van der Waals surface area contributed by atoms with E-state index in [0.29, 0.717) is 11.5 Å². The number of halogens is 1. The lowest BCUT2D eigenvalue weighted by Gasteiger charge is -2.07. The van der Waals surface area contributed by atoms with Crippen molar-refractivity contribution >= 4 is 27.5 Å². The molecule has 114 valence electrons. The normalized spacial score (nSPS) is 11.6. The summed E-state index contributed by atoms with van der Waals surface area (Å²) in [6, 6.07) is 9.89. The number of pyridine rings is 1. The molecule has 0 saturated carbocycles. The number of hydrogen-bond acceptors (Lipinski definition) is 3. The number of rotatable bonds is 4. The van der Waals surface area contributed by atoms with E-state index in [9.17, 15) is 4.79 Å². The Bertz CT molecular complexity index is 693. The van der Waals surface area contributed by atoms with Crippen LogP contribution in [0.5, 0.6) is 0 Å². The number of carbonyl (C=O) groups is 1. The summed E-state index contributed by atoms with van der Waals surface area (Å²) in [5, 5.41) is 4.15. The molecule has 2 aromatic rings. The van der Waals surface area contributed by atoms with Crippen molar-refractivity contribution in [2.75, 3.05) is 0 Å². The third-order valence-electron chi connectivity index (χ3n) is 3.29. The van der Waals surface area contributed by atoms with Crippen LogP contribution in [0.3, 0.4) is 0 Å². The molecule has 0 aliphatic carbocycles. The number of hydrazone groups is 1. The molecule has 0 fully saturated rings. The van der Waals surface area contributed by atoms with Gasteiger partial charge in [0.2, 0.25) is 0 Å². The van der Waals surface area contributed by atoms with Gasteiger partial charge in [0.25, 0.3) is 5.91 Å². The topological polar surface area (TPSA) is 54.4 Å². The van der Waals surface area contributed by atoms with Crippen molar-refractivity contribution in [3.8, 4) is 0 Å². The fourth-order valence-electron chi connectivity index (χ4n) is 1.91. The molecule has 1 aromatic carbocycles. The summed E-state index contributed by atoms with van der Waals surface area (Å²) in [4.78, 5) is 16.0. The largest absolute Gasteiger partial charge is 0.272 e. The summed E-state index contributed by atoms with van der Waals surface area (Å²) in [6.45, 7) is 6.17. The minimum Gasteiger partial charge on any atom is -0.267 e. The van der Waals surface area contributed by atoms with E-state index < -0.39 is 0 Å². The third kappa shape index (κ3) is 4.24. The van der Waals surface area contributed by atoms with Crippen LogP contribution in [0.4, 0.5) is 0 Å². The molecule has 5 heteroatoms. The molecule has 2 rings (SSSR count). The van der Waals surface area contributed by atoms with Crippen LogP contribution >= 0.6 is 15.9 Å². The molecule has 1 aromatic heterocycles. The average molecular weight is 360 g/mol. The van der Waals surface area contributed by atoms with Gasteiger partial charge in [-0.1, -0.05) is 38.1 Å². The highest BCUT2D eigenvalue weighted by Gasteiger charge is 2.06. The van der Waals surface area contributed by atoms with Crippen LogP contribution in [0.15, 0.2) is 52.3 Å². The highest BCUT2D eigenvalue weighted by atomic mass is 79.9. The third-order valence-corrected chi connectivity index (χ3v) is 3.72. The van der Waals surface area contributed by atoms with Crippen molar-refractivity contribution in [2.24, 2.45) is 5.10 Å². The van der Waals surface area contributed by atoms with Gasteiger partial charge in [-0.05, 0) is 46.0 Å². The number of aromatic nitrogens is 1. The molecular formula is C17H18BrN3O. The monoisotopic (exact) mass is 359 g/mol. The van der Waals surface area contributed by atoms with Crippen molar-refractivity contribution in [3.63, 3.8) is 0 Å². The Morgan fingerprint density at radius 2 is 1.86 bits per heavy atom. The standard InChI is InChI=1S/C17H18BrN3O/c1-11(2)13-4-6-14(7-5-13)12(3)20-21-17(22)15-8-16(18)10-19-9-15/h4-11H,1-3H3,(H,21,22)/b20-12-. The number of carbonyl (C=O) groups excluding carboxylic acids is 1. The predicted molar refractivity (Wildman–Crippen MR) is 92.1 cm³/mol. The lowest BCUT2D eigenvalue weighted by molar-refractivity contribution is 0.0954. The maximum Gasteiger partial charge on any atom is 0.272 e. The zero-order valence-electron chi connectivity index (χ0n) is 12.8. The van der Waals surface area contributed by atoms with E-state index in [4.69, 9.17) is 0 Å². The molecule has 0 radical (unpaired) electrons.